The first-order valence-corrected chi connectivity index (χ1v) is 13.5. The fourth-order valence-corrected chi connectivity index (χ4v) is 6.20. The molecule has 0 radical (unpaired) electrons. The number of aryl methyl sites for hydroxylation is 1. The molecule has 2 aliphatic rings. The summed E-state index contributed by atoms with van der Waals surface area (Å²) in [7, 11) is 0. The number of thiophene rings is 1. The van der Waals surface area contributed by atoms with Gasteiger partial charge in [0, 0.05) is 18.3 Å². The van der Waals surface area contributed by atoms with Crippen molar-refractivity contribution in [2.75, 3.05) is 10.2 Å². The van der Waals surface area contributed by atoms with E-state index in [9.17, 15) is 14.4 Å². The van der Waals surface area contributed by atoms with Crippen molar-refractivity contribution >= 4 is 56.5 Å². The Hall–Kier alpha value is -4.84. The Balaban J connectivity index is 1.30. The second-order valence-corrected chi connectivity index (χ2v) is 10.5. The van der Waals surface area contributed by atoms with Gasteiger partial charge >= 0.3 is 6.03 Å². The Kier molecular flexibility index (Phi) is 6.60. The number of ether oxygens (including phenoxy) is 1. The van der Waals surface area contributed by atoms with Gasteiger partial charge in [0.2, 0.25) is 5.91 Å². The summed E-state index contributed by atoms with van der Waals surface area (Å²) in [5, 5.41) is 9.57. The number of rotatable bonds is 7. The number of aromatic nitrogens is 3. The third-order valence-corrected chi connectivity index (χ3v) is 8.08. The quantitative estimate of drug-likeness (QED) is 0.278. The molecule has 4 heterocycles. The molecule has 1 saturated carbocycles. The number of urea groups is 1. The molecule has 6 rings (SSSR count). The van der Waals surface area contributed by atoms with Gasteiger partial charge < -0.3 is 20.7 Å². The van der Waals surface area contributed by atoms with Gasteiger partial charge in [0.25, 0.3) is 5.91 Å². The molecule has 1 fully saturated rings. The molecule has 4 amide bonds. The van der Waals surface area contributed by atoms with E-state index in [0.29, 0.717) is 43.7 Å². The minimum Gasteiger partial charge on any atom is -0.454 e. The molecule has 1 aromatic carbocycles. The van der Waals surface area contributed by atoms with Gasteiger partial charge in [0.1, 0.15) is 21.8 Å². The zero-order valence-electron chi connectivity index (χ0n) is 21.5. The van der Waals surface area contributed by atoms with E-state index in [2.05, 4.69) is 37.5 Å². The topological polar surface area (TPSA) is 138 Å². The number of hydrogen-bond donors (Lipinski definition) is 3. The minimum absolute atomic E-state index is 0.178. The summed E-state index contributed by atoms with van der Waals surface area (Å²) in [5.41, 5.74) is 2.54. The Morgan fingerprint density at radius 1 is 1.12 bits per heavy atom. The van der Waals surface area contributed by atoms with Crippen LogP contribution in [-0.4, -0.2) is 44.9 Å². The first-order valence-electron chi connectivity index (χ1n) is 12.7. The second-order valence-electron chi connectivity index (χ2n) is 9.54. The number of benzene rings is 1. The number of hydrogen-bond acceptors (Lipinski definition) is 8. The molecule has 11 nitrogen and oxygen atoms in total. The van der Waals surface area contributed by atoms with Crippen molar-refractivity contribution in [3.63, 3.8) is 0 Å². The predicted molar refractivity (Wildman–Crippen MR) is 151 cm³/mol. The Labute approximate surface area is 233 Å². The smallest absolute Gasteiger partial charge is 0.331 e. The van der Waals surface area contributed by atoms with Crippen molar-refractivity contribution in [1.82, 2.24) is 25.6 Å². The van der Waals surface area contributed by atoms with Crippen LogP contribution >= 0.6 is 11.3 Å². The highest BCUT2D eigenvalue weighted by Gasteiger charge is 2.35. The summed E-state index contributed by atoms with van der Waals surface area (Å²) in [6.07, 6.45) is 9.81. The van der Waals surface area contributed by atoms with Crippen LogP contribution in [0.1, 0.15) is 34.5 Å². The minimum atomic E-state index is -0.391. The van der Waals surface area contributed by atoms with E-state index in [1.54, 1.807) is 35.6 Å². The van der Waals surface area contributed by atoms with Gasteiger partial charge in [-0.15, -0.1) is 11.3 Å². The number of carbonyl (C=O) groups excluding carboxylic acids is 3. The lowest BCUT2D eigenvalue weighted by Crippen LogP contribution is -2.48. The maximum absolute atomic E-state index is 13.5. The fraction of sp³-hybridized carbons (Fsp3) is 0.214. The maximum Gasteiger partial charge on any atom is 0.331 e. The lowest BCUT2D eigenvalue weighted by atomic mass is 10.1. The third-order valence-electron chi connectivity index (χ3n) is 6.98. The zero-order valence-corrected chi connectivity index (χ0v) is 22.3. The summed E-state index contributed by atoms with van der Waals surface area (Å²) in [5.74, 6) is 0.498. The van der Waals surface area contributed by atoms with Crippen LogP contribution in [0.3, 0.4) is 0 Å². The van der Waals surface area contributed by atoms with Crippen molar-refractivity contribution in [3.8, 4) is 11.5 Å². The van der Waals surface area contributed by atoms with Gasteiger partial charge in [-0.05, 0) is 62.1 Å². The van der Waals surface area contributed by atoms with E-state index in [4.69, 9.17) is 4.74 Å². The van der Waals surface area contributed by atoms with Crippen molar-refractivity contribution in [2.45, 2.75) is 38.3 Å². The molecule has 40 heavy (non-hydrogen) atoms. The Morgan fingerprint density at radius 3 is 2.65 bits per heavy atom. The highest BCUT2D eigenvalue weighted by Crippen LogP contribution is 2.46. The standard InChI is InChI=1S/C28H25N7O4S/c1-3-22(36)32-18-5-4-6-19(18)33-26(37)25-24-23-21(9-10-31-27(23)40-25)35(28(38)34-24)20-8-7-16(11-15(20)2)39-17-12-29-14-30-13-17/h3,7-14,18-19H,1,4-6H2,2H3,(H,32,36)(H,33,37)(H,34,38)/t18-,19+/m0/s1. The molecule has 0 saturated heterocycles. The number of carbonyl (C=O) groups is 3. The van der Waals surface area contributed by atoms with Crippen LogP contribution < -0.4 is 25.6 Å². The normalized spacial score (nSPS) is 17.8. The molecule has 12 heteroatoms. The van der Waals surface area contributed by atoms with Crippen molar-refractivity contribution in [3.05, 3.63) is 72.3 Å². The molecule has 1 aliphatic heterocycles. The lowest BCUT2D eigenvalue weighted by molar-refractivity contribution is -0.117. The van der Waals surface area contributed by atoms with Crippen LogP contribution in [-0.2, 0) is 4.79 Å². The van der Waals surface area contributed by atoms with Crippen LogP contribution in [0.15, 0.2) is 61.8 Å². The average molecular weight is 556 g/mol. The van der Waals surface area contributed by atoms with Crippen LogP contribution in [0.25, 0.3) is 10.2 Å². The first-order chi connectivity index (χ1) is 19.4. The van der Waals surface area contributed by atoms with Gasteiger partial charge in [0.05, 0.1) is 34.8 Å². The summed E-state index contributed by atoms with van der Waals surface area (Å²) >= 11 is 1.22. The summed E-state index contributed by atoms with van der Waals surface area (Å²) in [6, 6.07) is 6.39. The number of nitrogens with one attached hydrogen (secondary N) is 3. The fourth-order valence-electron chi connectivity index (χ4n) is 5.18. The van der Waals surface area contributed by atoms with E-state index in [1.165, 1.54) is 23.7 Å². The molecule has 4 aromatic rings. The molecule has 0 spiro atoms. The van der Waals surface area contributed by atoms with Gasteiger partial charge in [-0.2, -0.15) is 0 Å². The lowest BCUT2D eigenvalue weighted by Gasteiger charge is -2.29. The molecule has 0 bridgehead atoms. The maximum atomic E-state index is 13.5. The number of pyridine rings is 1. The molecular weight excluding hydrogens is 530 g/mol. The van der Waals surface area contributed by atoms with E-state index in [-0.39, 0.29) is 23.9 Å². The SMILES string of the molecule is C=CC(=O)N[C@H]1CCC[C@H]1NC(=O)c1sc2nccc3c2c1NC(=O)N3c1ccc(Oc2cncnc2)cc1C. The molecule has 0 unspecified atom stereocenters. The third kappa shape index (κ3) is 4.62. The molecule has 202 valence electrons. The van der Waals surface area contributed by atoms with Crippen molar-refractivity contribution in [2.24, 2.45) is 0 Å². The van der Waals surface area contributed by atoms with E-state index >= 15 is 0 Å². The number of anilines is 3. The van der Waals surface area contributed by atoms with Crippen molar-refractivity contribution < 1.29 is 19.1 Å². The van der Waals surface area contributed by atoms with Gasteiger partial charge in [-0.1, -0.05) is 6.58 Å². The van der Waals surface area contributed by atoms with E-state index in [0.717, 1.165) is 24.8 Å². The van der Waals surface area contributed by atoms with Crippen LogP contribution in [0.5, 0.6) is 11.5 Å². The molecule has 1 aliphatic carbocycles. The highest BCUT2D eigenvalue weighted by molar-refractivity contribution is 7.21. The molecule has 3 N–H and O–H groups in total. The number of amides is 4. The average Bonchev–Trinajstić information content (AvgIpc) is 3.55. The molecular formula is C28H25N7O4S. The highest BCUT2D eigenvalue weighted by atomic mass is 32.1. The first kappa shape index (κ1) is 25.4. The van der Waals surface area contributed by atoms with Crippen molar-refractivity contribution in [1.29, 1.82) is 0 Å². The van der Waals surface area contributed by atoms with Gasteiger partial charge in [0.15, 0.2) is 5.75 Å². The van der Waals surface area contributed by atoms with Crippen LogP contribution in [0.4, 0.5) is 21.9 Å². The molecule has 3 aromatic heterocycles. The van der Waals surface area contributed by atoms with E-state index < -0.39 is 6.03 Å². The predicted octanol–water partition coefficient (Wildman–Crippen LogP) is 4.82. The largest absolute Gasteiger partial charge is 0.454 e. The summed E-state index contributed by atoms with van der Waals surface area (Å²) in [4.78, 5) is 53.8. The zero-order chi connectivity index (χ0) is 27.8. The van der Waals surface area contributed by atoms with Gasteiger partial charge in [-0.25, -0.2) is 19.7 Å². The monoisotopic (exact) mass is 555 g/mol. The van der Waals surface area contributed by atoms with Gasteiger partial charge in [-0.3, -0.25) is 14.5 Å². The Bertz CT molecular complexity index is 1660. The van der Waals surface area contributed by atoms with Crippen LogP contribution in [0, 0.1) is 6.92 Å². The number of nitrogens with zero attached hydrogens (tertiary/aromatic N) is 4. The van der Waals surface area contributed by atoms with E-state index in [1.807, 2.05) is 19.1 Å². The summed E-state index contributed by atoms with van der Waals surface area (Å²) in [6.45, 7) is 5.39. The second kappa shape index (κ2) is 10.4. The van der Waals surface area contributed by atoms with Crippen LogP contribution in [0.2, 0.25) is 0 Å². The molecule has 2 atom stereocenters. The Morgan fingerprint density at radius 2 is 1.90 bits per heavy atom. The summed E-state index contributed by atoms with van der Waals surface area (Å²) < 4.78 is 5.84.